The fourth-order valence-electron chi connectivity index (χ4n) is 2.35. The minimum absolute atomic E-state index is 0.644. The van der Waals surface area contributed by atoms with Crippen molar-refractivity contribution in [1.82, 2.24) is 20.4 Å². The van der Waals surface area contributed by atoms with Gasteiger partial charge in [-0.15, -0.1) is 0 Å². The maximum absolute atomic E-state index is 5.15. The summed E-state index contributed by atoms with van der Waals surface area (Å²) >= 11 is 0. The van der Waals surface area contributed by atoms with Gasteiger partial charge in [0, 0.05) is 19.0 Å². The van der Waals surface area contributed by atoms with Crippen LogP contribution in [0, 0.1) is 5.92 Å². The van der Waals surface area contributed by atoms with Gasteiger partial charge < -0.3 is 14.7 Å². The van der Waals surface area contributed by atoms with Crippen LogP contribution in [0.5, 0.6) is 0 Å². The van der Waals surface area contributed by atoms with Gasteiger partial charge >= 0.3 is 0 Å². The van der Waals surface area contributed by atoms with Crippen LogP contribution in [-0.2, 0) is 13.0 Å². The highest BCUT2D eigenvalue weighted by Crippen LogP contribution is 2.21. The van der Waals surface area contributed by atoms with Gasteiger partial charge in [-0.05, 0) is 39.8 Å². The monoisotopic (exact) mass is 238 g/mol. The molecule has 0 radical (unpaired) electrons. The fourth-order valence-corrected chi connectivity index (χ4v) is 2.35. The summed E-state index contributed by atoms with van der Waals surface area (Å²) in [6.45, 7) is 7.51. The van der Waals surface area contributed by atoms with Crippen molar-refractivity contribution in [3.63, 3.8) is 0 Å². The molecule has 2 rings (SSSR count). The topological polar surface area (TPSA) is 54.2 Å². The molecule has 0 saturated carbocycles. The van der Waals surface area contributed by atoms with E-state index in [-0.39, 0.29) is 0 Å². The lowest BCUT2D eigenvalue weighted by molar-refractivity contribution is 0.264. The first-order chi connectivity index (χ1) is 8.19. The van der Waals surface area contributed by atoms with Gasteiger partial charge in [0.2, 0.25) is 5.89 Å². The SMILES string of the molecule is CNCc1nc(CC2CCN(C(C)C)C2)no1. The third kappa shape index (κ3) is 3.26. The molecule has 1 N–H and O–H groups in total. The molecule has 96 valence electrons. The van der Waals surface area contributed by atoms with Crippen molar-refractivity contribution in [2.24, 2.45) is 5.92 Å². The quantitative estimate of drug-likeness (QED) is 0.831. The molecular weight excluding hydrogens is 216 g/mol. The van der Waals surface area contributed by atoms with Crippen molar-refractivity contribution in [3.05, 3.63) is 11.7 Å². The first kappa shape index (κ1) is 12.5. The van der Waals surface area contributed by atoms with E-state index in [0.29, 0.717) is 24.4 Å². The van der Waals surface area contributed by atoms with Gasteiger partial charge in [-0.3, -0.25) is 0 Å². The molecule has 0 spiro atoms. The van der Waals surface area contributed by atoms with Crippen molar-refractivity contribution < 1.29 is 4.52 Å². The Labute approximate surface area is 103 Å². The normalized spacial score (nSPS) is 21.5. The minimum atomic E-state index is 0.644. The van der Waals surface area contributed by atoms with Gasteiger partial charge in [0.05, 0.1) is 6.54 Å². The minimum Gasteiger partial charge on any atom is -0.338 e. The van der Waals surface area contributed by atoms with Crippen LogP contribution in [0.15, 0.2) is 4.52 Å². The molecule has 17 heavy (non-hydrogen) atoms. The third-order valence-corrected chi connectivity index (χ3v) is 3.36. The lowest BCUT2D eigenvalue weighted by Gasteiger charge is -2.19. The van der Waals surface area contributed by atoms with Crippen LogP contribution in [0.25, 0.3) is 0 Å². The van der Waals surface area contributed by atoms with E-state index in [0.717, 1.165) is 18.8 Å². The maximum atomic E-state index is 5.15. The summed E-state index contributed by atoms with van der Waals surface area (Å²) in [5, 5.41) is 7.03. The first-order valence-corrected chi connectivity index (χ1v) is 6.39. The number of nitrogens with zero attached hydrogens (tertiary/aromatic N) is 3. The second kappa shape index (κ2) is 5.60. The van der Waals surface area contributed by atoms with E-state index in [4.69, 9.17) is 4.52 Å². The Morgan fingerprint density at radius 1 is 1.53 bits per heavy atom. The third-order valence-electron chi connectivity index (χ3n) is 3.36. The van der Waals surface area contributed by atoms with E-state index in [1.807, 2.05) is 7.05 Å². The summed E-state index contributed by atoms with van der Waals surface area (Å²) in [5.41, 5.74) is 0. The summed E-state index contributed by atoms with van der Waals surface area (Å²) < 4.78 is 5.15. The number of aromatic nitrogens is 2. The Morgan fingerprint density at radius 3 is 3.00 bits per heavy atom. The summed E-state index contributed by atoms with van der Waals surface area (Å²) in [6, 6.07) is 0.644. The predicted molar refractivity (Wildman–Crippen MR) is 65.6 cm³/mol. The number of hydrogen-bond acceptors (Lipinski definition) is 5. The number of hydrogen-bond donors (Lipinski definition) is 1. The lowest BCUT2D eigenvalue weighted by atomic mass is 10.1. The Balaban J connectivity index is 1.84. The van der Waals surface area contributed by atoms with Gasteiger partial charge in [0.25, 0.3) is 0 Å². The first-order valence-electron chi connectivity index (χ1n) is 6.39. The van der Waals surface area contributed by atoms with Crippen molar-refractivity contribution in [2.75, 3.05) is 20.1 Å². The van der Waals surface area contributed by atoms with E-state index in [2.05, 4.69) is 34.2 Å². The van der Waals surface area contributed by atoms with Gasteiger partial charge in [-0.2, -0.15) is 4.98 Å². The van der Waals surface area contributed by atoms with Gasteiger partial charge in [0.15, 0.2) is 5.82 Å². The van der Waals surface area contributed by atoms with Crippen molar-refractivity contribution in [3.8, 4) is 0 Å². The smallest absolute Gasteiger partial charge is 0.240 e. The molecule has 1 aliphatic heterocycles. The molecule has 1 aromatic heterocycles. The largest absolute Gasteiger partial charge is 0.338 e. The van der Waals surface area contributed by atoms with E-state index >= 15 is 0 Å². The van der Waals surface area contributed by atoms with E-state index in [1.165, 1.54) is 13.0 Å². The standard InChI is InChI=1S/C12H22N4O/c1-9(2)16-5-4-10(8-16)6-11-14-12(7-13-3)17-15-11/h9-10,13H,4-8H2,1-3H3. The zero-order chi connectivity index (χ0) is 12.3. The number of likely N-dealkylation sites (tertiary alicyclic amines) is 1. The zero-order valence-electron chi connectivity index (χ0n) is 10.9. The molecule has 1 unspecified atom stereocenters. The average molecular weight is 238 g/mol. The molecular formula is C12H22N4O. The van der Waals surface area contributed by atoms with Crippen molar-refractivity contribution >= 4 is 0 Å². The average Bonchev–Trinajstić information content (AvgIpc) is 2.89. The fraction of sp³-hybridized carbons (Fsp3) is 0.833. The number of nitrogens with one attached hydrogen (secondary N) is 1. The van der Waals surface area contributed by atoms with Crippen LogP contribution < -0.4 is 5.32 Å². The highest BCUT2D eigenvalue weighted by atomic mass is 16.5. The molecule has 2 heterocycles. The van der Waals surface area contributed by atoms with Crippen LogP contribution in [0.1, 0.15) is 32.0 Å². The molecule has 1 fully saturated rings. The van der Waals surface area contributed by atoms with Gasteiger partial charge in [-0.25, -0.2) is 0 Å². The molecule has 1 aliphatic rings. The van der Waals surface area contributed by atoms with Crippen LogP contribution in [-0.4, -0.2) is 41.2 Å². The number of rotatable bonds is 5. The Hall–Kier alpha value is -0.940. The molecule has 1 saturated heterocycles. The van der Waals surface area contributed by atoms with Crippen molar-refractivity contribution in [2.45, 2.75) is 39.3 Å². The molecule has 5 nitrogen and oxygen atoms in total. The Kier molecular flexibility index (Phi) is 4.12. The second-order valence-electron chi connectivity index (χ2n) is 5.08. The molecule has 0 bridgehead atoms. The van der Waals surface area contributed by atoms with Crippen LogP contribution in [0.2, 0.25) is 0 Å². The summed E-state index contributed by atoms with van der Waals surface area (Å²) in [4.78, 5) is 6.89. The Morgan fingerprint density at radius 2 is 2.35 bits per heavy atom. The van der Waals surface area contributed by atoms with Gasteiger partial charge in [0.1, 0.15) is 0 Å². The molecule has 0 aliphatic carbocycles. The van der Waals surface area contributed by atoms with Crippen molar-refractivity contribution in [1.29, 1.82) is 0 Å². The predicted octanol–water partition coefficient (Wildman–Crippen LogP) is 1.06. The van der Waals surface area contributed by atoms with Crippen LogP contribution >= 0.6 is 0 Å². The Bertz CT molecular complexity index is 350. The summed E-state index contributed by atoms with van der Waals surface area (Å²) in [6.07, 6.45) is 2.19. The van der Waals surface area contributed by atoms with E-state index in [1.54, 1.807) is 0 Å². The summed E-state index contributed by atoms with van der Waals surface area (Å²) in [7, 11) is 1.88. The van der Waals surface area contributed by atoms with Crippen LogP contribution in [0.4, 0.5) is 0 Å². The second-order valence-corrected chi connectivity index (χ2v) is 5.08. The van der Waals surface area contributed by atoms with E-state index < -0.39 is 0 Å². The summed E-state index contributed by atoms with van der Waals surface area (Å²) in [5.74, 6) is 2.21. The van der Waals surface area contributed by atoms with Gasteiger partial charge in [-0.1, -0.05) is 5.16 Å². The molecule has 0 amide bonds. The lowest BCUT2D eigenvalue weighted by Crippen LogP contribution is -2.28. The molecule has 1 atom stereocenters. The van der Waals surface area contributed by atoms with Crippen LogP contribution in [0.3, 0.4) is 0 Å². The zero-order valence-corrected chi connectivity index (χ0v) is 10.9. The molecule has 5 heteroatoms. The van der Waals surface area contributed by atoms with E-state index in [9.17, 15) is 0 Å². The molecule has 1 aromatic rings. The maximum Gasteiger partial charge on any atom is 0.240 e. The highest BCUT2D eigenvalue weighted by molar-refractivity contribution is 4.91. The molecule has 0 aromatic carbocycles. The highest BCUT2D eigenvalue weighted by Gasteiger charge is 2.25.